The highest BCUT2D eigenvalue weighted by Gasteiger charge is 2.51. The molecule has 0 spiro atoms. The summed E-state index contributed by atoms with van der Waals surface area (Å²) in [7, 11) is 0. The third kappa shape index (κ3) is 5.54. The van der Waals surface area contributed by atoms with E-state index in [1.54, 1.807) is 0 Å². The van der Waals surface area contributed by atoms with Crippen LogP contribution in [0.4, 0.5) is 26.3 Å². The fourth-order valence-corrected chi connectivity index (χ4v) is 6.29. The van der Waals surface area contributed by atoms with Crippen molar-refractivity contribution in [1.82, 2.24) is 9.80 Å². The second-order valence-electron chi connectivity index (χ2n) is 11.8. The standard InChI is InChI=1S/C24H8N4O6.C16F6N4/c1-25-15-16(26-2)20(30)18(28-23(33)13-9-5-6-10-14(13)24(28)34)17(19(15)29)27-21(31)11-7-3-4-8-12(11)22(27)32;17-11-7(5(1-23)2-24)13(19)15(21)10-9(11)16(22)14(20)8(12(10)18)6(3-25)4-26/h3-10H;. The molecule has 20 heteroatoms. The summed E-state index contributed by atoms with van der Waals surface area (Å²) in [6.07, 6.45) is 0. The minimum Gasteiger partial charge on any atom is -0.302 e. The van der Waals surface area contributed by atoms with Crippen LogP contribution in [0, 0.1) is 93.4 Å². The SMILES string of the molecule is N#CC(C#N)=c1c(F)c(F)c2c(F)c(=C(C#N)C#N)c(F)c(F)c2c1F.[C-]#[N+]C1=C([N+]#[C-])C(=O)C(N2C(=O)c3ccccc3C2=O)=C(N2C(=O)c3ccccc3C2=O)C1=O. The zero-order valence-electron chi connectivity index (χ0n) is 28.9. The molecule has 14 nitrogen and oxygen atoms in total. The van der Waals surface area contributed by atoms with E-state index in [0.29, 0.717) is 9.80 Å². The van der Waals surface area contributed by atoms with Crippen molar-refractivity contribution in [3.8, 4) is 24.3 Å². The molecule has 2 aliphatic heterocycles. The molecule has 7 rings (SSSR count). The van der Waals surface area contributed by atoms with E-state index in [2.05, 4.69) is 9.69 Å². The first-order valence-corrected chi connectivity index (χ1v) is 15.9. The van der Waals surface area contributed by atoms with Crippen molar-refractivity contribution < 1.29 is 55.1 Å². The van der Waals surface area contributed by atoms with Gasteiger partial charge in [-0.05, 0) is 24.3 Å². The van der Waals surface area contributed by atoms with Gasteiger partial charge in [0.05, 0.1) is 56.6 Å². The third-order valence-electron chi connectivity index (χ3n) is 8.91. The van der Waals surface area contributed by atoms with Gasteiger partial charge in [0, 0.05) is 0 Å². The predicted octanol–water partition coefficient (Wildman–Crippen LogP) is 4.06. The van der Waals surface area contributed by atoms with Gasteiger partial charge in [0.2, 0.25) is 23.0 Å². The van der Waals surface area contributed by atoms with Crippen LogP contribution >= 0.6 is 0 Å². The first kappa shape index (κ1) is 40.2. The molecule has 0 N–H and O–H groups in total. The van der Waals surface area contributed by atoms with Crippen LogP contribution in [0.2, 0.25) is 0 Å². The van der Waals surface area contributed by atoms with E-state index in [0.717, 1.165) is 24.3 Å². The third-order valence-corrected chi connectivity index (χ3v) is 8.91. The number of carbonyl (C=O) groups excluding carboxylic acids is 6. The zero-order valence-corrected chi connectivity index (χ0v) is 28.9. The lowest BCUT2D eigenvalue weighted by atomic mass is 9.97. The Labute approximate surface area is 328 Å². The number of carbonyl (C=O) groups is 6. The Morgan fingerprint density at radius 2 is 0.733 bits per heavy atom. The fourth-order valence-electron chi connectivity index (χ4n) is 6.29. The van der Waals surface area contributed by atoms with Gasteiger partial charge in [-0.15, -0.1) is 0 Å². The summed E-state index contributed by atoms with van der Waals surface area (Å²) >= 11 is 0. The molecule has 0 radical (unpaired) electrons. The Kier molecular flexibility index (Phi) is 9.95. The second-order valence-corrected chi connectivity index (χ2v) is 11.8. The van der Waals surface area contributed by atoms with Crippen LogP contribution in [0.5, 0.6) is 0 Å². The van der Waals surface area contributed by atoms with Crippen LogP contribution in [0.25, 0.3) is 31.6 Å². The van der Waals surface area contributed by atoms with Gasteiger partial charge >= 0.3 is 0 Å². The van der Waals surface area contributed by atoms with Gasteiger partial charge in [-0.1, -0.05) is 24.3 Å². The van der Waals surface area contributed by atoms with Crippen molar-refractivity contribution in [1.29, 1.82) is 21.0 Å². The van der Waals surface area contributed by atoms with Crippen molar-refractivity contribution in [3.63, 3.8) is 0 Å². The number of nitrogens with zero attached hydrogens (tertiary/aromatic N) is 8. The summed E-state index contributed by atoms with van der Waals surface area (Å²) in [6.45, 7) is 14.6. The molecule has 0 atom stereocenters. The van der Waals surface area contributed by atoms with Crippen molar-refractivity contribution >= 4 is 57.1 Å². The maximum atomic E-state index is 14.4. The van der Waals surface area contributed by atoms with Gasteiger partial charge in [-0.2, -0.15) is 21.0 Å². The van der Waals surface area contributed by atoms with Crippen LogP contribution in [0.15, 0.2) is 71.3 Å². The van der Waals surface area contributed by atoms with Crippen LogP contribution in [0.3, 0.4) is 0 Å². The maximum absolute atomic E-state index is 14.4. The van der Waals surface area contributed by atoms with Crippen LogP contribution in [0.1, 0.15) is 41.4 Å². The number of halogens is 6. The number of ketones is 2. The summed E-state index contributed by atoms with van der Waals surface area (Å²) in [4.78, 5) is 85.8. The lowest BCUT2D eigenvalue weighted by Crippen LogP contribution is -2.44. The molecule has 4 aromatic carbocycles. The van der Waals surface area contributed by atoms with E-state index in [9.17, 15) is 55.1 Å². The molecule has 1 aliphatic carbocycles. The first-order chi connectivity index (χ1) is 28.6. The van der Waals surface area contributed by atoms with Crippen molar-refractivity contribution in [3.05, 3.63) is 162 Å². The number of imide groups is 2. The molecule has 60 heavy (non-hydrogen) atoms. The second kappa shape index (κ2) is 14.9. The summed E-state index contributed by atoms with van der Waals surface area (Å²) in [5, 5.41) is 28.0. The molecule has 4 aromatic rings. The number of amides is 4. The molecular formula is C40H8F6N8O6. The van der Waals surface area contributed by atoms with Crippen LogP contribution in [-0.4, -0.2) is 45.0 Å². The Balaban J connectivity index is 0.000000209. The summed E-state index contributed by atoms with van der Waals surface area (Å²) < 4.78 is 85.4. The van der Waals surface area contributed by atoms with Crippen molar-refractivity contribution in [2.75, 3.05) is 0 Å². The molecule has 0 unspecified atom stereocenters. The zero-order chi connectivity index (χ0) is 44.1. The lowest BCUT2D eigenvalue weighted by molar-refractivity contribution is -0.117. The molecule has 4 amide bonds. The molecule has 0 aromatic heterocycles. The highest BCUT2D eigenvalue weighted by molar-refractivity contribution is 6.35. The van der Waals surface area contributed by atoms with E-state index >= 15 is 0 Å². The molecule has 2 heterocycles. The van der Waals surface area contributed by atoms with E-state index < -0.39 is 125 Å². The maximum Gasteiger partial charge on any atom is 0.266 e. The van der Waals surface area contributed by atoms with Crippen molar-refractivity contribution in [2.24, 2.45) is 0 Å². The number of fused-ring (bicyclic) bond motifs is 3. The topological polar surface area (TPSA) is 213 Å². The molecule has 0 saturated carbocycles. The average molecular weight is 811 g/mol. The van der Waals surface area contributed by atoms with Crippen molar-refractivity contribution in [2.45, 2.75) is 0 Å². The van der Waals surface area contributed by atoms with E-state index in [-0.39, 0.29) is 22.3 Å². The first-order valence-electron chi connectivity index (χ1n) is 15.9. The normalized spacial score (nSPS) is 14.1. The van der Waals surface area contributed by atoms with Gasteiger partial charge in [-0.3, -0.25) is 19.2 Å². The molecule has 0 saturated heterocycles. The largest absolute Gasteiger partial charge is 0.302 e. The number of rotatable bonds is 2. The highest BCUT2D eigenvalue weighted by atomic mass is 19.2. The number of hydrogen-bond donors (Lipinski definition) is 0. The summed E-state index contributed by atoms with van der Waals surface area (Å²) in [6, 6.07) is 15.5. The summed E-state index contributed by atoms with van der Waals surface area (Å²) in [5.41, 5.74) is -6.50. The Morgan fingerprint density at radius 3 is 0.967 bits per heavy atom. The number of hydrogen-bond acceptors (Lipinski definition) is 10. The fraction of sp³-hybridized carbons (Fsp3) is 0. The molecule has 0 fully saturated rings. The van der Waals surface area contributed by atoms with Gasteiger partial charge < -0.3 is 9.59 Å². The van der Waals surface area contributed by atoms with Gasteiger partial charge in [0.25, 0.3) is 23.6 Å². The average Bonchev–Trinajstić information content (AvgIpc) is 3.65. The monoisotopic (exact) mass is 810 g/mol. The lowest BCUT2D eigenvalue weighted by Gasteiger charge is -2.28. The predicted molar refractivity (Wildman–Crippen MR) is 183 cm³/mol. The number of nitriles is 4. The van der Waals surface area contributed by atoms with Gasteiger partial charge in [-0.25, -0.2) is 45.8 Å². The van der Waals surface area contributed by atoms with Crippen LogP contribution in [-0.2, 0) is 9.59 Å². The smallest absolute Gasteiger partial charge is 0.266 e. The number of benzene rings is 4. The minimum absolute atomic E-state index is 0.0636. The quantitative estimate of drug-likeness (QED) is 0.0931. The molecule has 286 valence electrons. The van der Waals surface area contributed by atoms with E-state index in [4.69, 9.17) is 34.2 Å². The Hall–Kier alpha value is -9.50. The van der Waals surface area contributed by atoms with E-state index in [1.807, 2.05) is 0 Å². The Morgan fingerprint density at radius 1 is 0.467 bits per heavy atom. The van der Waals surface area contributed by atoms with Crippen LogP contribution < -0.4 is 10.4 Å². The van der Waals surface area contributed by atoms with Gasteiger partial charge in [0.1, 0.15) is 58.5 Å². The van der Waals surface area contributed by atoms with E-state index in [1.165, 1.54) is 48.5 Å². The molecule has 0 bridgehead atoms. The molecular weight excluding hydrogens is 802 g/mol. The minimum atomic E-state index is -2.23. The van der Waals surface area contributed by atoms with Gasteiger partial charge in [0.15, 0.2) is 23.3 Å². The number of Topliss-reactive ketones (excluding diaryl/α,β-unsaturated/α-hetero) is 2. The summed E-state index contributed by atoms with van der Waals surface area (Å²) in [5.74, 6) is -19.5. The highest BCUT2D eigenvalue weighted by Crippen LogP contribution is 2.38. The molecule has 3 aliphatic rings. The Bertz CT molecular complexity index is 3010.